The largest absolute Gasteiger partial charge is 0.356 e. The lowest BCUT2D eigenvalue weighted by molar-refractivity contribution is 0.399. The number of aromatic amines is 1. The van der Waals surface area contributed by atoms with Crippen molar-refractivity contribution in [2.24, 2.45) is 5.92 Å². The summed E-state index contributed by atoms with van der Waals surface area (Å²) >= 11 is 0. The fourth-order valence-corrected chi connectivity index (χ4v) is 3.40. The molecule has 1 aliphatic heterocycles. The number of nitrogens with zero attached hydrogens (tertiary/aromatic N) is 5. The van der Waals surface area contributed by atoms with Crippen LogP contribution in [0.4, 0.5) is 5.82 Å². The van der Waals surface area contributed by atoms with Gasteiger partial charge in [0.15, 0.2) is 5.82 Å². The molecule has 4 heterocycles. The zero-order valence-electron chi connectivity index (χ0n) is 14.4. The van der Waals surface area contributed by atoms with Gasteiger partial charge in [-0.15, -0.1) is 0 Å². The molecular formula is C19H22N6. The monoisotopic (exact) mass is 334 g/mol. The van der Waals surface area contributed by atoms with Crippen molar-refractivity contribution in [1.29, 1.82) is 0 Å². The lowest BCUT2D eigenvalue weighted by Gasteiger charge is -2.32. The van der Waals surface area contributed by atoms with Crippen LogP contribution in [0.5, 0.6) is 0 Å². The first kappa shape index (κ1) is 15.7. The van der Waals surface area contributed by atoms with Crippen molar-refractivity contribution in [3.05, 3.63) is 54.1 Å². The maximum absolute atomic E-state index is 4.76. The van der Waals surface area contributed by atoms with Gasteiger partial charge in [-0.05, 0) is 50.3 Å². The Morgan fingerprint density at radius 3 is 2.72 bits per heavy atom. The van der Waals surface area contributed by atoms with E-state index < -0.39 is 0 Å². The van der Waals surface area contributed by atoms with E-state index in [0.29, 0.717) is 11.7 Å². The Labute approximate surface area is 147 Å². The number of aromatic nitrogens is 5. The summed E-state index contributed by atoms with van der Waals surface area (Å²) in [7, 11) is 0. The summed E-state index contributed by atoms with van der Waals surface area (Å²) in [5, 5.41) is 7.11. The van der Waals surface area contributed by atoms with Crippen LogP contribution in [0, 0.1) is 12.8 Å². The highest BCUT2D eigenvalue weighted by Gasteiger charge is 2.21. The standard InChI is InChI=1S/C19H22N6/c1-14-12-18(23-19(22-14)17-4-2-3-8-20-17)25-10-6-15(7-11-25)13-16-5-9-21-24-16/h2-5,8-9,12,15H,6-7,10-11,13H2,1H3,(H,21,24). The second-order valence-corrected chi connectivity index (χ2v) is 6.62. The van der Waals surface area contributed by atoms with Crippen LogP contribution in [0.15, 0.2) is 42.7 Å². The molecule has 0 aromatic carbocycles. The fourth-order valence-electron chi connectivity index (χ4n) is 3.40. The number of piperidine rings is 1. The number of rotatable bonds is 4. The Balaban J connectivity index is 1.47. The smallest absolute Gasteiger partial charge is 0.180 e. The van der Waals surface area contributed by atoms with E-state index in [9.17, 15) is 0 Å². The minimum atomic E-state index is 0.704. The van der Waals surface area contributed by atoms with E-state index in [1.54, 1.807) is 6.20 Å². The molecule has 3 aromatic rings. The Kier molecular flexibility index (Phi) is 4.41. The van der Waals surface area contributed by atoms with Gasteiger partial charge in [0.05, 0.1) is 0 Å². The van der Waals surface area contributed by atoms with Gasteiger partial charge in [0.25, 0.3) is 0 Å². The van der Waals surface area contributed by atoms with Crippen LogP contribution in [-0.2, 0) is 6.42 Å². The van der Waals surface area contributed by atoms with Gasteiger partial charge < -0.3 is 4.90 Å². The van der Waals surface area contributed by atoms with E-state index in [2.05, 4.69) is 37.2 Å². The van der Waals surface area contributed by atoms with E-state index in [4.69, 9.17) is 4.98 Å². The van der Waals surface area contributed by atoms with Crippen LogP contribution >= 0.6 is 0 Å². The summed E-state index contributed by atoms with van der Waals surface area (Å²) in [6.07, 6.45) is 7.02. The molecule has 1 saturated heterocycles. The first-order valence-electron chi connectivity index (χ1n) is 8.78. The summed E-state index contributed by atoms with van der Waals surface area (Å²) in [6.45, 7) is 4.07. The third-order valence-electron chi connectivity index (χ3n) is 4.74. The molecule has 0 amide bonds. The molecule has 0 saturated carbocycles. The Morgan fingerprint density at radius 1 is 1.12 bits per heavy atom. The number of hydrogen-bond acceptors (Lipinski definition) is 5. The van der Waals surface area contributed by atoms with Crippen LogP contribution in [0.25, 0.3) is 11.5 Å². The number of aryl methyl sites for hydroxylation is 1. The predicted octanol–water partition coefficient (Wildman–Crippen LogP) is 3.03. The van der Waals surface area contributed by atoms with Crippen molar-refractivity contribution < 1.29 is 0 Å². The molecule has 4 rings (SSSR count). The van der Waals surface area contributed by atoms with Gasteiger partial charge in [-0.25, -0.2) is 9.97 Å². The molecule has 0 radical (unpaired) electrons. The molecular weight excluding hydrogens is 312 g/mol. The maximum Gasteiger partial charge on any atom is 0.180 e. The van der Waals surface area contributed by atoms with Crippen molar-refractivity contribution in [3.63, 3.8) is 0 Å². The molecule has 1 aliphatic rings. The lowest BCUT2D eigenvalue weighted by atomic mass is 9.92. The fraction of sp³-hybridized carbons (Fsp3) is 0.368. The van der Waals surface area contributed by atoms with Gasteiger partial charge >= 0.3 is 0 Å². The molecule has 6 nitrogen and oxygen atoms in total. The molecule has 128 valence electrons. The van der Waals surface area contributed by atoms with E-state index >= 15 is 0 Å². The average molecular weight is 334 g/mol. The van der Waals surface area contributed by atoms with Crippen molar-refractivity contribution in [2.75, 3.05) is 18.0 Å². The first-order valence-corrected chi connectivity index (χ1v) is 8.78. The number of anilines is 1. The van der Waals surface area contributed by atoms with Gasteiger partial charge in [0.1, 0.15) is 11.5 Å². The van der Waals surface area contributed by atoms with E-state index in [0.717, 1.165) is 36.7 Å². The van der Waals surface area contributed by atoms with Gasteiger partial charge in [-0.3, -0.25) is 10.1 Å². The summed E-state index contributed by atoms with van der Waals surface area (Å²) in [5.41, 5.74) is 3.03. The zero-order valence-corrected chi connectivity index (χ0v) is 14.4. The number of pyridine rings is 1. The minimum Gasteiger partial charge on any atom is -0.356 e. The van der Waals surface area contributed by atoms with Gasteiger partial charge in [0, 0.05) is 42.9 Å². The third kappa shape index (κ3) is 3.68. The van der Waals surface area contributed by atoms with Gasteiger partial charge in [0.2, 0.25) is 0 Å². The highest BCUT2D eigenvalue weighted by molar-refractivity contribution is 5.53. The second-order valence-electron chi connectivity index (χ2n) is 6.62. The summed E-state index contributed by atoms with van der Waals surface area (Å²) in [6, 6.07) is 9.97. The molecule has 0 spiro atoms. The van der Waals surface area contributed by atoms with Crippen LogP contribution < -0.4 is 4.90 Å². The van der Waals surface area contributed by atoms with Crippen molar-refractivity contribution in [2.45, 2.75) is 26.2 Å². The van der Waals surface area contributed by atoms with Crippen molar-refractivity contribution in [3.8, 4) is 11.5 Å². The van der Waals surface area contributed by atoms with Crippen molar-refractivity contribution >= 4 is 5.82 Å². The molecule has 25 heavy (non-hydrogen) atoms. The maximum atomic E-state index is 4.76. The molecule has 1 fully saturated rings. The summed E-state index contributed by atoms with van der Waals surface area (Å²) < 4.78 is 0. The minimum absolute atomic E-state index is 0.704. The van der Waals surface area contributed by atoms with Gasteiger partial charge in [-0.2, -0.15) is 5.10 Å². The lowest BCUT2D eigenvalue weighted by Crippen LogP contribution is -2.35. The van der Waals surface area contributed by atoms with E-state index in [1.807, 2.05) is 31.3 Å². The topological polar surface area (TPSA) is 70.6 Å². The van der Waals surface area contributed by atoms with Gasteiger partial charge in [-0.1, -0.05) is 6.07 Å². The highest BCUT2D eigenvalue weighted by atomic mass is 15.2. The highest BCUT2D eigenvalue weighted by Crippen LogP contribution is 2.26. The molecule has 1 N–H and O–H groups in total. The molecule has 6 heteroatoms. The van der Waals surface area contributed by atoms with Crippen LogP contribution in [-0.4, -0.2) is 38.2 Å². The van der Waals surface area contributed by atoms with Crippen LogP contribution in [0.3, 0.4) is 0 Å². The SMILES string of the molecule is Cc1cc(N2CCC(Cc3ccn[nH]3)CC2)nc(-c2ccccn2)n1. The molecule has 0 unspecified atom stereocenters. The zero-order chi connectivity index (χ0) is 17.1. The van der Waals surface area contributed by atoms with Crippen LogP contribution in [0.2, 0.25) is 0 Å². The summed E-state index contributed by atoms with van der Waals surface area (Å²) in [4.78, 5) is 16.1. The molecule has 3 aromatic heterocycles. The number of nitrogens with one attached hydrogen (secondary N) is 1. The first-order chi connectivity index (χ1) is 12.3. The number of H-pyrrole nitrogens is 1. The Hall–Kier alpha value is -2.76. The molecule has 0 aliphatic carbocycles. The second kappa shape index (κ2) is 7.01. The van der Waals surface area contributed by atoms with Crippen LogP contribution in [0.1, 0.15) is 24.2 Å². The quantitative estimate of drug-likeness (QED) is 0.794. The Bertz CT molecular complexity index is 807. The third-order valence-corrected chi connectivity index (χ3v) is 4.74. The average Bonchev–Trinajstić information content (AvgIpc) is 3.16. The van der Waals surface area contributed by atoms with E-state index in [-0.39, 0.29) is 0 Å². The summed E-state index contributed by atoms with van der Waals surface area (Å²) in [5.74, 6) is 2.42. The number of hydrogen-bond donors (Lipinski definition) is 1. The molecule has 0 bridgehead atoms. The predicted molar refractivity (Wildman–Crippen MR) is 97.2 cm³/mol. The normalized spacial score (nSPS) is 15.5. The molecule has 0 atom stereocenters. The van der Waals surface area contributed by atoms with E-state index in [1.165, 1.54) is 18.5 Å². The Morgan fingerprint density at radius 2 is 2.00 bits per heavy atom. The van der Waals surface area contributed by atoms with Crippen molar-refractivity contribution in [1.82, 2.24) is 25.1 Å².